The molecule has 2 N–H and O–H groups in total. The maximum atomic E-state index is 9.56. The van der Waals surface area contributed by atoms with Crippen molar-refractivity contribution in [2.75, 3.05) is 19.5 Å². The van der Waals surface area contributed by atoms with Crippen LogP contribution in [0.3, 0.4) is 0 Å². The van der Waals surface area contributed by atoms with Gasteiger partial charge in [-0.3, -0.25) is 0 Å². The number of hydrogen-bond acceptors (Lipinski definition) is 5. The van der Waals surface area contributed by atoms with Gasteiger partial charge in [0.2, 0.25) is 0 Å². The Morgan fingerprint density at radius 2 is 1.81 bits per heavy atom. The maximum absolute atomic E-state index is 9.56. The smallest absolute Gasteiger partial charge is 0.161 e. The van der Waals surface area contributed by atoms with Crippen LogP contribution < -0.4 is 15.2 Å². The van der Waals surface area contributed by atoms with Crippen molar-refractivity contribution >= 4 is 5.82 Å². The summed E-state index contributed by atoms with van der Waals surface area (Å²) in [6.07, 6.45) is 0. The average molecular weight is 345 g/mol. The topological polar surface area (TPSA) is 81.2 Å². The molecule has 0 aliphatic carbocycles. The molecule has 0 aliphatic heterocycles. The second-order valence-corrected chi connectivity index (χ2v) is 5.59. The molecule has 130 valence electrons. The number of nitrogen functional groups attached to an aromatic ring is 1. The SMILES string of the molecule is CCOc1ccc(-c2cc(-c3ccccc3)nc(N)c2C#N)cc1OC. The Morgan fingerprint density at radius 3 is 2.46 bits per heavy atom. The summed E-state index contributed by atoms with van der Waals surface area (Å²) in [4.78, 5) is 4.39. The molecule has 3 rings (SSSR count). The zero-order valence-corrected chi connectivity index (χ0v) is 14.7. The van der Waals surface area contributed by atoms with E-state index in [0.29, 0.717) is 34.9 Å². The minimum absolute atomic E-state index is 0.205. The Hall–Kier alpha value is -3.52. The van der Waals surface area contributed by atoms with E-state index in [-0.39, 0.29) is 5.82 Å². The molecule has 0 radical (unpaired) electrons. The highest BCUT2D eigenvalue weighted by Crippen LogP contribution is 2.36. The lowest BCUT2D eigenvalue weighted by molar-refractivity contribution is 0.311. The summed E-state index contributed by atoms with van der Waals surface area (Å²) in [5.41, 5.74) is 9.58. The number of nitrogens with two attached hydrogens (primary N) is 1. The van der Waals surface area contributed by atoms with E-state index in [9.17, 15) is 5.26 Å². The number of nitrogens with zero attached hydrogens (tertiary/aromatic N) is 2. The average Bonchev–Trinajstić information content (AvgIpc) is 2.68. The first-order chi connectivity index (χ1) is 12.7. The van der Waals surface area contributed by atoms with Crippen LogP contribution in [0.15, 0.2) is 54.6 Å². The first kappa shape index (κ1) is 17.3. The van der Waals surface area contributed by atoms with Crippen molar-refractivity contribution in [1.82, 2.24) is 4.98 Å². The lowest BCUT2D eigenvalue weighted by Crippen LogP contribution is -2.00. The van der Waals surface area contributed by atoms with Crippen molar-refractivity contribution in [3.63, 3.8) is 0 Å². The molecule has 0 spiro atoms. The second kappa shape index (κ2) is 7.58. The summed E-state index contributed by atoms with van der Waals surface area (Å²) < 4.78 is 11.0. The molecule has 0 amide bonds. The summed E-state index contributed by atoms with van der Waals surface area (Å²) in [5.74, 6) is 1.46. The molecule has 1 aromatic heterocycles. The number of methoxy groups -OCH3 is 1. The van der Waals surface area contributed by atoms with Crippen LogP contribution in [0.5, 0.6) is 11.5 Å². The van der Waals surface area contributed by atoms with Crippen LogP contribution in [0.2, 0.25) is 0 Å². The summed E-state index contributed by atoms with van der Waals surface area (Å²) >= 11 is 0. The number of anilines is 1. The zero-order chi connectivity index (χ0) is 18.5. The summed E-state index contributed by atoms with van der Waals surface area (Å²) in [6, 6.07) is 19.3. The van der Waals surface area contributed by atoms with Crippen molar-refractivity contribution in [2.45, 2.75) is 6.92 Å². The van der Waals surface area contributed by atoms with Gasteiger partial charge < -0.3 is 15.2 Å². The molecular weight excluding hydrogens is 326 g/mol. The quantitative estimate of drug-likeness (QED) is 0.746. The summed E-state index contributed by atoms with van der Waals surface area (Å²) in [5, 5.41) is 9.56. The lowest BCUT2D eigenvalue weighted by Gasteiger charge is -2.13. The van der Waals surface area contributed by atoms with E-state index in [1.807, 2.05) is 61.5 Å². The van der Waals surface area contributed by atoms with Crippen LogP contribution in [-0.2, 0) is 0 Å². The molecule has 0 atom stereocenters. The number of aromatic nitrogens is 1. The molecule has 5 nitrogen and oxygen atoms in total. The highest BCUT2D eigenvalue weighted by atomic mass is 16.5. The third-order valence-corrected chi connectivity index (χ3v) is 4.00. The number of rotatable bonds is 5. The first-order valence-electron chi connectivity index (χ1n) is 8.25. The summed E-state index contributed by atoms with van der Waals surface area (Å²) in [7, 11) is 1.59. The predicted molar refractivity (Wildman–Crippen MR) is 102 cm³/mol. The van der Waals surface area contributed by atoms with Gasteiger partial charge in [-0.15, -0.1) is 0 Å². The van der Waals surface area contributed by atoms with Crippen LogP contribution in [-0.4, -0.2) is 18.7 Å². The van der Waals surface area contributed by atoms with Crippen LogP contribution in [0.1, 0.15) is 12.5 Å². The van der Waals surface area contributed by atoms with Crippen LogP contribution in [0.25, 0.3) is 22.4 Å². The van der Waals surface area contributed by atoms with E-state index in [4.69, 9.17) is 15.2 Å². The minimum Gasteiger partial charge on any atom is -0.493 e. The maximum Gasteiger partial charge on any atom is 0.161 e. The van der Waals surface area contributed by atoms with E-state index < -0.39 is 0 Å². The van der Waals surface area contributed by atoms with Gasteiger partial charge in [-0.05, 0) is 30.7 Å². The van der Waals surface area contributed by atoms with Gasteiger partial charge in [-0.1, -0.05) is 36.4 Å². The molecule has 3 aromatic rings. The zero-order valence-electron chi connectivity index (χ0n) is 14.7. The fourth-order valence-corrected chi connectivity index (χ4v) is 2.78. The van der Waals surface area contributed by atoms with Crippen molar-refractivity contribution in [2.24, 2.45) is 0 Å². The molecule has 26 heavy (non-hydrogen) atoms. The van der Waals surface area contributed by atoms with Gasteiger partial charge in [0, 0.05) is 11.1 Å². The van der Waals surface area contributed by atoms with Crippen molar-refractivity contribution < 1.29 is 9.47 Å². The van der Waals surface area contributed by atoms with E-state index in [1.54, 1.807) is 7.11 Å². The van der Waals surface area contributed by atoms with Gasteiger partial charge >= 0.3 is 0 Å². The Balaban J connectivity index is 2.18. The highest BCUT2D eigenvalue weighted by Gasteiger charge is 2.15. The van der Waals surface area contributed by atoms with Gasteiger partial charge in [0.1, 0.15) is 17.5 Å². The van der Waals surface area contributed by atoms with Gasteiger partial charge in [0.15, 0.2) is 11.5 Å². The molecule has 5 heteroatoms. The third kappa shape index (κ3) is 3.31. The molecule has 0 saturated carbocycles. The van der Waals surface area contributed by atoms with Crippen LogP contribution >= 0.6 is 0 Å². The van der Waals surface area contributed by atoms with Gasteiger partial charge in [0.25, 0.3) is 0 Å². The Labute approximate surface area is 152 Å². The van der Waals surface area contributed by atoms with E-state index in [1.165, 1.54) is 0 Å². The normalized spacial score (nSPS) is 10.2. The van der Waals surface area contributed by atoms with Gasteiger partial charge in [-0.2, -0.15) is 5.26 Å². The van der Waals surface area contributed by atoms with Crippen LogP contribution in [0.4, 0.5) is 5.82 Å². The third-order valence-electron chi connectivity index (χ3n) is 4.00. The molecule has 0 aliphatic rings. The predicted octanol–water partition coefficient (Wildman–Crippen LogP) is 4.28. The Morgan fingerprint density at radius 1 is 1.04 bits per heavy atom. The van der Waals surface area contributed by atoms with Crippen molar-refractivity contribution in [1.29, 1.82) is 5.26 Å². The van der Waals surface area contributed by atoms with Gasteiger partial charge in [-0.25, -0.2) is 4.98 Å². The molecule has 0 bridgehead atoms. The minimum atomic E-state index is 0.205. The lowest BCUT2D eigenvalue weighted by atomic mass is 9.98. The fourth-order valence-electron chi connectivity index (χ4n) is 2.78. The molecule has 0 unspecified atom stereocenters. The van der Waals surface area contributed by atoms with Crippen molar-refractivity contribution in [3.05, 3.63) is 60.2 Å². The summed E-state index contributed by atoms with van der Waals surface area (Å²) in [6.45, 7) is 2.45. The van der Waals surface area contributed by atoms with E-state index >= 15 is 0 Å². The number of nitriles is 1. The highest BCUT2D eigenvalue weighted by molar-refractivity contribution is 5.81. The second-order valence-electron chi connectivity index (χ2n) is 5.59. The van der Waals surface area contributed by atoms with Gasteiger partial charge in [0.05, 0.1) is 19.4 Å². The molecule has 0 fully saturated rings. The van der Waals surface area contributed by atoms with Crippen molar-refractivity contribution in [3.8, 4) is 40.0 Å². The van der Waals surface area contributed by atoms with E-state index in [0.717, 1.165) is 11.1 Å². The Bertz CT molecular complexity index is 963. The number of benzene rings is 2. The molecule has 2 aromatic carbocycles. The molecular formula is C21H19N3O2. The number of hydrogen-bond donors (Lipinski definition) is 1. The monoisotopic (exact) mass is 345 g/mol. The Kier molecular flexibility index (Phi) is 5.04. The van der Waals surface area contributed by atoms with Crippen LogP contribution in [0, 0.1) is 11.3 Å². The molecule has 1 heterocycles. The van der Waals surface area contributed by atoms with E-state index in [2.05, 4.69) is 11.1 Å². The fraction of sp³-hybridized carbons (Fsp3) is 0.143. The number of ether oxygens (including phenoxy) is 2. The first-order valence-corrected chi connectivity index (χ1v) is 8.25. The number of pyridine rings is 1. The molecule has 0 saturated heterocycles. The largest absolute Gasteiger partial charge is 0.493 e. The standard InChI is InChI=1S/C21H19N3O2/c1-3-26-19-10-9-15(11-20(19)25-2)16-12-18(14-7-5-4-6-8-14)24-21(23)17(16)13-22/h4-12H,3H2,1-2H3,(H2,23,24).